The number of Topliss-reactive ketones (excluding diaryl/α,β-unsaturated/α-hetero) is 1. The van der Waals surface area contributed by atoms with Crippen LogP contribution in [0.3, 0.4) is 0 Å². The fourth-order valence-electron chi connectivity index (χ4n) is 3.45. The van der Waals surface area contributed by atoms with Crippen molar-refractivity contribution in [3.63, 3.8) is 0 Å². The monoisotopic (exact) mass is 413 g/mol. The number of ketones is 1. The minimum atomic E-state index is -0.850. The van der Waals surface area contributed by atoms with Crippen LogP contribution in [-0.2, 0) is 14.3 Å². The number of benzene rings is 2. The van der Waals surface area contributed by atoms with Crippen LogP contribution in [0.15, 0.2) is 48.0 Å². The Morgan fingerprint density at radius 1 is 1.03 bits per heavy atom. The Morgan fingerprint density at radius 2 is 1.73 bits per heavy atom. The first kappa shape index (κ1) is 21.2. The average molecular weight is 413 g/mol. The lowest BCUT2D eigenvalue weighted by Crippen LogP contribution is -2.32. The number of aliphatic hydroxyl groups is 1. The van der Waals surface area contributed by atoms with Crippen molar-refractivity contribution in [3.05, 3.63) is 59.2 Å². The second-order valence-electron chi connectivity index (χ2n) is 6.64. The Morgan fingerprint density at radius 3 is 2.33 bits per heavy atom. The highest BCUT2D eigenvalue weighted by Crippen LogP contribution is 2.41. The molecule has 1 amide bonds. The quantitative estimate of drug-likeness (QED) is 0.408. The van der Waals surface area contributed by atoms with Crippen molar-refractivity contribution in [1.82, 2.24) is 4.90 Å². The molecule has 30 heavy (non-hydrogen) atoms. The third-order valence-corrected chi connectivity index (χ3v) is 4.95. The van der Waals surface area contributed by atoms with Gasteiger partial charge in [-0.1, -0.05) is 12.1 Å². The zero-order chi connectivity index (χ0) is 21.8. The van der Waals surface area contributed by atoms with Crippen LogP contribution >= 0.6 is 0 Å². The maximum Gasteiger partial charge on any atom is 0.295 e. The van der Waals surface area contributed by atoms with Crippen LogP contribution in [0.25, 0.3) is 5.76 Å². The number of aromatic hydroxyl groups is 1. The van der Waals surface area contributed by atoms with Gasteiger partial charge in [0.25, 0.3) is 11.7 Å². The van der Waals surface area contributed by atoms with Crippen molar-refractivity contribution in [2.75, 3.05) is 34.5 Å². The molecule has 0 bridgehead atoms. The summed E-state index contributed by atoms with van der Waals surface area (Å²) in [5.41, 5.74) is 0.713. The van der Waals surface area contributed by atoms with E-state index in [1.54, 1.807) is 24.3 Å². The number of methoxy groups -OCH3 is 3. The summed E-state index contributed by atoms with van der Waals surface area (Å²) in [7, 11) is 4.41. The molecule has 0 aliphatic carbocycles. The van der Waals surface area contributed by atoms with Gasteiger partial charge < -0.3 is 29.3 Å². The first-order valence-corrected chi connectivity index (χ1v) is 9.21. The molecule has 1 aliphatic rings. The molecule has 0 radical (unpaired) electrons. The van der Waals surface area contributed by atoms with Crippen LogP contribution in [0.1, 0.15) is 17.2 Å². The number of hydrogen-bond donors (Lipinski definition) is 2. The minimum Gasteiger partial charge on any atom is -0.508 e. The second-order valence-corrected chi connectivity index (χ2v) is 6.64. The summed E-state index contributed by atoms with van der Waals surface area (Å²) >= 11 is 0. The van der Waals surface area contributed by atoms with Crippen LogP contribution in [0, 0.1) is 0 Å². The zero-order valence-corrected chi connectivity index (χ0v) is 16.9. The van der Waals surface area contributed by atoms with Crippen LogP contribution in [0.4, 0.5) is 0 Å². The molecular formula is C22H23NO7. The van der Waals surface area contributed by atoms with Crippen molar-refractivity contribution < 1.29 is 34.0 Å². The third kappa shape index (κ3) is 3.81. The smallest absolute Gasteiger partial charge is 0.295 e. The van der Waals surface area contributed by atoms with Gasteiger partial charge in [-0.05, 0) is 35.9 Å². The number of phenolic OH excluding ortho intramolecular Hbond substituents is 1. The molecule has 0 spiro atoms. The van der Waals surface area contributed by atoms with Gasteiger partial charge in [-0.3, -0.25) is 9.59 Å². The molecule has 8 nitrogen and oxygen atoms in total. The molecule has 1 atom stereocenters. The zero-order valence-electron chi connectivity index (χ0n) is 16.9. The summed E-state index contributed by atoms with van der Waals surface area (Å²) in [6.07, 6.45) is 0. The van der Waals surface area contributed by atoms with Gasteiger partial charge in [-0.15, -0.1) is 0 Å². The van der Waals surface area contributed by atoms with Gasteiger partial charge >= 0.3 is 0 Å². The van der Waals surface area contributed by atoms with E-state index in [4.69, 9.17) is 14.2 Å². The maximum absolute atomic E-state index is 12.9. The number of hydrogen-bond acceptors (Lipinski definition) is 7. The highest BCUT2D eigenvalue weighted by Gasteiger charge is 2.46. The van der Waals surface area contributed by atoms with Gasteiger partial charge in [0, 0.05) is 13.7 Å². The number of likely N-dealkylation sites (tertiary alicyclic amines) is 1. The summed E-state index contributed by atoms with van der Waals surface area (Å²) in [5, 5.41) is 20.8. The predicted octanol–water partition coefficient (Wildman–Crippen LogP) is 2.48. The molecule has 0 aromatic heterocycles. The normalized spacial score (nSPS) is 18.0. The number of aliphatic hydroxyl groups excluding tert-OH is 1. The Hall–Kier alpha value is -3.52. The molecule has 1 saturated heterocycles. The molecule has 3 rings (SSSR count). The molecular weight excluding hydrogens is 390 g/mol. The molecule has 2 N–H and O–H groups in total. The van der Waals surface area contributed by atoms with Gasteiger partial charge in [-0.2, -0.15) is 0 Å². The number of ether oxygens (including phenoxy) is 3. The van der Waals surface area contributed by atoms with Crippen LogP contribution in [-0.4, -0.2) is 61.3 Å². The molecule has 158 valence electrons. The summed E-state index contributed by atoms with van der Waals surface area (Å²) in [6.45, 7) is 0.364. The summed E-state index contributed by atoms with van der Waals surface area (Å²) in [5.74, 6) is -1.11. The number of amides is 1. The standard InChI is InChI=1S/C22H23NO7/c1-28-11-10-23-19(13-4-6-14(24)7-5-13)18(21(26)22(23)27)20(25)16-12-15(29-2)8-9-17(16)30-3/h4-9,12,19,24-25H,10-11H2,1-3H3/b20-18+. The van der Waals surface area contributed by atoms with Gasteiger partial charge in [0.2, 0.25) is 0 Å². The first-order chi connectivity index (χ1) is 14.4. The van der Waals surface area contributed by atoms with E-state index in [2.05, 4.69) is 0 Å². The maximum atomic E-state index is 12.9. The minimum absolute atomic E-state index is 0.0436. The van der Waals surface area contributed by atoms with E-state index < -0.39 is 17.7 Å². The molecule has 0 saturated carbocycles. The van der Waals surface area contributed by atoms with E-state index in [9.17, 15) is 19.8 Å². The molecule has 8 heteroatoms. The van der Waals surface area contributed by atoms with E-state index in [1.807, 2.05) is 0 Å². The Labute approximate surface area is 173 Å². The summed E-state index contributed by atoms with van der Waals surface area (Å²) in [4.78, 5) is 27.0. The van der Waals surface area contributed by atoms with Crippen LogP contribution < -0.4 is 9.47 Å². The second kappa shape index (κ2) is 8.87. The lowest BCUT2D eigenvalue weighted by molar-refractivity contribution is -0.140. The van der Waals surface area contributed by atoms with E-state index in [0.717, 1.165) is 0 Å². The van der Waals surface area contributed by atoms with Crippen molar-refractivity contribution in [3.8, 4) is 17.2 Å². The highest BCUT2D eigenvalue weighted by atomic mass is 16.5. The molecule has 1 aliphatic heterocycles. The average Bonchev–Trinajstić information content (AvgIpc) is 3.01. The van der Waals surface area contributed by atoms with Crippen molar-refractivity contribution in [2.45, 2.75) is 6.04 Å². The largest absolute Gasteiger partial charge is 0.508 e. The van der Waals surface area contributed by atoms with Gasteiger partial charge in [0.15, 0.2) is 0 Å². The van der Waals surface area contributed by atoms with Crippen LogP contribution in [0.2, 0.25) is 0 Å². The Kier molecular flexibility index (Phi) is 6.27. The predicted molar refractivity (Wildman–Crippen MR) is 109 cm³/mol. The summed E-state index contributed by atoms with van der Waals surface area (Å²) < 4.78 is 15.6. The third-order valence-electron chi connectivity index (χ3n) is 4.95. The van der Waals surface area contributed by atoms with E-state index in [-0.39, 0.29) is 35.8 Å². The molecule has 2 aromatic carbocycles. The van der Waals surface area contributed by atoms with Gasteiger partial charge in [-0.25, -0.2) is 0 Å². The topological polar surface area (TPSA) is 106 Å². The van der Waals surface area contributed by atoms with Crippen molar-refractivity contribution >= 4 is 17.4 Å². The fraction of sp³-hybridized carbons (Fsp3) is 0.273. The van der Waals surface area contributed by atoms with Crippen molar-refractivity contribution in [1.29, 1.82) is 0 Å². The Balaban J connectivity index is 2.22. The lowest BCUT2D eigenvalue weighted by atomic mass is 9.95. The molecule has 2 aromatic rings. The Bertz CT molecular complexity index is 981. The molecule has 1 unspecified atom stereocenters. The van der Waals surface area contributed by atoms with E-state index in [1.165, 1.54) is 44.4 Å². The SMILES string of the molecule is COCCN1C(=O)C(=O)/C(=C(/O)c2cc(OC)ccc2OC)C1c1ccc(O)cc1. The number of nitrogens with zero attached hydrogens (tertiary/aromatic N) is 1. The first-order valence-electron chi connectivity index (χ1n) is 9.21. The van der Waals surface area contributed by atoms with Crippen molar-refractivity contribution in [2.24, 2.45) is 0 Å². The number of rotatable bonds is 7. The number of carbonyl (C=O) groups is 2. The van der Waals surface area contributed by atoms with Gasteiger partial charge in [0.05, 0.1) is 38.0 Å². The van der Waals surface area contributed by atoms with Gasteiger partial charge in [0.1, 0.15) is 23.0 Å². The van der Waals surface area contributed by atoms with E-state index >= 15 is 0 Å². The number of phenols is 1. The molecule has 1 heterocycles. The lowest BCUT2D eigenvalue weighted by Gasteiger charge is -2.25. The fourth-order valence-corrected chi connectivity index (χ4v) is 3.45. The number of carbonyl (C=O) groups excluding carboxylic acids is 2. The molecule has 1 fully saturated rings. The van der Waals surface area contributed by atoms with Crippen LogP contribution in [0.5, 0.6) is 17.2 Å². The highest BCUT2D eigenvalue weighted by molar-refractivity contribution is 6.46. The summed E-state index contributed by atoms with van der Waals surface area (Å²) in [6, 6.07) is 10.1. The van der Waals surface area contributed by atoms with E-state index in [0.29, 0.717) is 17.1 Å².